The molecule has 0 unspecified atom stereocenters. The molecule has 0 fully saturated rings. The summed E-state index contributed by atoms with van der Waals surface area (Å²) < 4.78 is 4.60. The van der Waals surface area contributed by atoms with Crippen molar-refractivity contribution in [2.24, 2.45) is 0 Å². The predicted octanol–water partition coefficient (Wildman–Crippen LogP) is 0.339. The highest BCUT2D eigenvalue weighted by Crippen LogP contribution is 2.08. The summed E-state index contributed by atoms with van der Waals surface area (Å²) in [6.07, 6.45) is 0. The number of halogens is 1. The summed E-state index contributed by atoms with van der Waals surface area (Å²) in [5, 5.41) is 5.96. The molecule has 0 radical (unpaired) electrons. The first-order valence-corrected chi connectivity index (χ1v) is 2.68. The SMILES string of the molecule is CC(=O)Oc1cc(N)n[nH]1.Cl. The molecule has 1 aromatic heterocycles. The first kappa shape index (κ1) is 9.77. The zero-order valence-corrected chi connectivity index (χ0v) is 6.64. The van der Waals surface area contributed by atoms with Gasteiger partial charge in [-0.15, -0.1) is 12.4 Å². The molecule has 0 saturated carbocycles. The lowest BCUT2D eigenvalue weighted by molar-refractivity contribution is -0.132. The molecule has 0 saturated heterocycles. The van der Waals surface area contributed by atoms with E-state index in [0.29, 0.717) is 5.82 Å². The van der Waals surface area contributed by atoms with E-state index in [-0.39, 0.29) is 18.3 Å². The van der Waals surface area contributed by atoms with Crippen molar-refractivity contribution < 1.29 is 9.53 Å². The molecule has 1 aromatic rings. The normalized spacial score (nSPS) is 8.45. The molecule has 62 valence electrons. The quantitative estimate of drug-likeness (QED) is 0.606. The summed E-state index contributed by atoms with van der Waals surface area (Å²) >= 11 is 0. The molecule has 3 N–H and O–H groups in total. The van der Waals surface area contributed by atoms with Crippen LogP contribution in [0.2, 0.25) is 0 Å². The molecule has 1 rings (SSSR count). The van der Waals surface area contributed by atoms with Crippen LogP contribution in [0.15, 0.2) is 6.07 Å². The van der Waals surface area contributed by atoms with Gasteiger partial charge in [0.25, 0.3) is 0 Å². The number of carbonyl (C=O) groups is 1. The topological polar surface area (TPSA) is 81.0 Å². The molecule has 11 heavy (non-hydrogen) atoms. The number of rotatable bonds is 1. The summed E-state index contributed by atoms with van der Waals surface area (Å²) in [5.41, 5.74) is 5.22. The van der Waals surface area contributed by atoms with E-state index in [1.54, 1.807) is 0 Å². The third-order valence-corrected chi connectivity index (χ3v) is 0.828. The van der Waals surface area contributed by atoms with E-state index in [4.69, 9.17) is 5.73 Å². The van der Waals surface area contributed by atoms with Gasteiger partial charge in [-0.1, -0.05) is 0 Å². The Morgan fingerprint density at radius 2 is 2.45 bits per heavy atom. The lowest BCUT2D eigenvalue weighted by atomic mass is 10.6. The number of hydrogen-bond donors (Lipinski definition) is 2. The van der Waals surface area contributed by atoms with Crippen molar-refractivity contribution in [1.82, 2.24) is 10.2 Å². The largest absolute Gasteiger partial charge is 0.408 e. The second-order valence-electron chi connectivity index (χ2n) is 1.75. The Morgan fingerprint density at radius 3 is 2.82 bits per heavy atom. The maximum atomic E-state index is 10.3. The summed E-state index contributed by atoms with van der Waals surface area (Å²) in [6, 6.07) is 1.43. The second-order valence-corrected chi connectivity index (χ2v) is 1.75. The van der Waals surface area contributed by atoms with Gasteiger partial charge in [-0.05, 0) is 0 Å². The monoisotopic (exact) mass is 177 g/mol. The summed E-state index contributed by atoms with van der Waals surface area (Å²) in [6.45, 7) is 1.30. The van der Waals surface area contributed by atoms with Gasteiger partial charge in [0, 0.05) is 13.0 Å². The zero-order chi connectivity index (χ0) is 7.56. The number of aromatic amines is 1. The Balaban J connectivity index is 0.000001000. The Hall–Kier alpha value is -1.23. The van der Waals surface area contributed by atoms with Crippen molar-refractivity contribution in [2.75, 3.05) is 5.73 Å². The number of esters is 1. The average molecular weight is 178 g/mol. The fraction of sp³-hybridized carbons (Fsp3) is 0.200. The number of ether oxygens (including phenoxy) is 1. The van der Waals surface area contributed by atoms with Crippen LogP contribution >= 0.6 is 12.4 Å². The Bertz CT molecular complexity index is 248. The Kier molecular flexibility index (Phi) is 3.39. The molecule has 0 aliphatic carbocycles. The highest BCUT2D eigenvalue weighted by atomic mass is 35.5. The summed E-state index contributed by atoms with van der Waals surface area (Å²) in [4.78, 5) is 10.3. The highest BCUT2D eigenvalue weighted by Gasteiger charge is 1.99. The predicted molar refractivity (Wildman–Crippen MR) is 41.6 cm³/mol. The third-order valence-electron chi connectivity index (χ3n) is 0.828. The van der Waals surface area contributed by atoms with E-state index in [0.717, 1.165) is 0 Å². The molecular formula is C5H8ClN3O2. The van der Waals surface area contributed by atoms with Gasteiger partial charge < -0.3 is 10.5 Å². The second kappa shape index (κ2) is 3.82. The van der Waals surface area contributed by atoms with Gasteiger partial charge in [-0.25, -0.2) is 5.10 Å². The van der Waals surface area contributed by atoms with Gasteiger partial charge in [0.05, 0.1) is 0 Å². The van der Waals surface area contributed by atoms with Gasteiger partial charge >= 0.3 is 5.97 Å². The molecule has 0 aliphatic rings. The summed E-state index contributed by atoms with van der Waals surface area (Å²) in [5.74, 6) is 0.171. The maximum absolute atomic E-state index is 10.3. The zero-order valence-electron chi connectivity index (χ0n) is 5.83. The van der Waals surface area contributed by atoms with Crippen LogP contribution in [0, 0.1) is 0 Å². The molecule has 6 heteroatoms. The van der Waals surface area contributed by atoms with Crippen LogP contribution in [-0.2, 0) is 4.79 Å². The van der Waals surface area contributed by atoms with E-state index in [9.17, 15) is 4.79 Å². The third kappa shape index (κ3) is 2.90. The van der Waals surface area contributed by atoms with E-state index in [1.807, 2.05) is 0 Å². The van der Waals surface area contributed by atoms with Crippen LogP contribution in [0.5, 0.6) is 5.88 Å². The van der Waals surface area contributed by atoms with Crippen LogP contribution in [0.3, 0.4) is 0 Å². The molecule has 0 aromatic carbocycles. The van der Waals surface area contributed by atoms with Gasteiger partial charge in [0.15, 0.2) is 0 Å². The smallest absolute Gasteiger partial charge is 0.309 e. The number of anilines is 1. The van der Waals surface area contributed by atoms with Gasteiger partial charge in [-0.2, -0.15) is 5.10 Å². The van der Waals surface area contributed by atoms with Gasteiger partial charge in [-0.3, -0.25) is 4.79 Å². The van der Waals surface area contributed by atoms with Crippen LogP contribution in [-0.4, -0.2) is 16.2 Å². The molecule has 5 nitrogen and oxygen atoms in total. The lowest BCUT2D eigenvalue weighted by Crippen LogP contribution is -2.01. The number of hydrogen-bond acceptors (Lipinski definition) is 4. The Labute approximate surface area is 69.3 Å². The van der Waals surface area contributed by atoms with Gasteiger partial charge in [0.1, 0.15) is 5.82 Å². The van der Waals surface area contributed by atoms with Crippen molar-refractivity contribution in [3.05, 3.63) is 6.07 Å². The first-order chi connectivity index (χ1) is 4.68. The van der Waals surface area contributed by atoms with E-state index in [2.05, 4.69) is 14.9 Å². The minimum Gasteiger partial charge on any atom is -0.408 e. The fourth-order valence-corrected chi connectivity index (χ4v) is 0.526. The molecule has 0 atom stereocenters. The van der Waals surface area contributed by atoms with E-state index >= 15 is 0 Å². The number of nitrogens with two attached hydrogens (primary N) is 1. The number of aromatic nitrogens is 2. The minimum atomic E-state index is -0.399. The van der Waals surface area contributed by atoms with E-state index in [1.165, 1.54) is 13.0 Å². The average Bonchev–Trinajstić information content (AvgIpc) is 2.13. The van der Waals surface area contributed by atoms with Crippen LogP contribution < -0.4 is 10.5 Å². The Morgan fingerprint density at radius 1 is 1.82 bits per heavy atom. The van der Waals surface area contributed by atoms with Crippen molar-refractivity contribution in [3.63, 3.8) is 0 Å². The van der Waals surface area contributed by atoms with Crippen LogP contribution in [0.1, 0.15) is 6.92 Å². The van der Waals surface area contributed by atoms with Gasteiger partial charge in [0.2, 0.25) is 5.88 Å². The van der Waals surface area contributed by atoms with Crippen molar-refractivity contribution in [3.8, 4) is 5.88 Å². The minimum absolute atomic E-state index is 0. The molecular weight excluding hydrogens is 170 g/mol. The number of nitrogen functional groups attached to an aromatic ring is 1. The molecule has 1 heterocycles. The maximum Gasteiger partial charge on any atom is 0.309 e. The van der Waals surface area contributed by atoms with Crippen molar-refractivity contribution in [2.45, 2.75) is 6.92 Å². The lowest BCUT2D eigenvalue weighted by Gasteiger charge is -1.91. The standard InChI is InChI=1S/C5H7N3O2.ClH/c1-3(9)10-5-2-4(6)7-8-5;/h2H,1H3,(H3,6,7,8);1H. The molecule has 0 aliphatic heterocycles. The fourth-order valence-electron chi connectivity index (χ4n) is 0.526. The van der Waals surface area contributed by atoms with Crippen LogP contribution in [0.25, 0.3) is 0 Å². The van der Waals surface area contributed by atoms with Crippen molar-refractivity contribution in [1.29, 1.82) is 0 Å². The number of H-pyrrole nitrogens is 1. The number of carbonyl (C=O) groups excluding carboxylic acids is 1. The van der Waals surface area contributed by atoms with Crippen molar-refractivity contribution >= 4 is 24.2 Å². The van der Waals surface area contributed by atoms with Crippen LogP contribution in [0.4, 0.5) is 5.82 Å². The molecule has 0 amide bonds. The number of nitrogens with one attached hydrogen (secondary N) is 1. The number of nitrogens with zero attached hydrogens (tertiary/aromatic N) is 1. The van der Waals surface area contributed by atoms with E-state index < -0.39 is 5.97 Å². The molecule has 0 bridgehead atoms. The highest BCUT2D eigenvalue weighted by molar-refractivity contribution is 5.85. The first-order valence-electron chi connectivity index (χ1n) is 2.68. The summed E-state index contributed by atoms with van der Waals surface area (Å²) in [7, 11) is 0. The molecule has 0 spiro atoms.